The quantitative estimate of drug-likeness (QED) is 0.852. The topological polar surface area (TPSA) is 62.2 Å². The number of nitrogens with one attached hydrogen (secondary N) is 1. The van der Waals surface area contributed by atoms with Crippen molar-refractivity contribution in [3.05, 3.63) is 64.2 Å². The SMILES string of the molecule is Cc1ccc(C(=O)NC[C@@H](CO)Cc2ccncc2Cl)cc1F. The van der Waals surface area contributed by atoms with Gasteiger partial charge in [0.1, 0.15) is 5.82 Å². The molecule has 0 spiro atoms. The number of hydrogen-bond acceptors (Lipinski definition) is 3. The summed E-state index contributed by atoms with van der Waals surface area (Å²) < 4.78 is 13.5. The van der Waals surface area contributed by atoms with Gasteiger partial charge in [-0.1, -0.05) is 17.7 Å². The minimum atomic E-state index is -0.417. The van der Waals surface area contributed by atoms with E-state index in [0.717, 1.165) is 5.56 Å². The zero-order chi connectivity index (χ0) is 16.8. The Morgan fingerprint density at radius 3 is 2.87 bits per heavy atom. The van der Waals surface area contributed by atoms with Crippen LogP contribution in [0.15, 0.2) is 36.7 Å². The van der Waals surface area contributed by atoms with Crippen molar-refractivity contribution in [2.24, 2.45) is 5.92 Å². The maximum atomic E-state index is 13.5. The van der Waals surface area contributed by atoms with Gasteiger partial charge in [0.05, 0.1) is 5.02 Å². The minimum Gasteiger partial charge on any atom is -0.396 e. The molecule has 122 valence electrons. The maximum absolute atomic E-state index is 13.5. The van der Waals surface area contributed by atoms with E-state index in [1.54, 1.807) is 37.5 Å². The highest BCUT2D eigenvalue weighted by Gasteiger charge is 2.14. The van der Waals surface area contributed by atoms with E-state index >= 15 is 0 Å². The first-order valence-corrected chi connectivity index (χ1v) is 7.62. The molecule has 1 atom stereocenters. The number of aliphatic hydroxyl groups excluding tert-OH is 1. The van der Waals surface area contributed by atoms with E-state index in [2.05, 4.69) is 10.3 Å². The Kier molecular flexibility index (Phi) is 6.07. The normalized spacial score (nSPS) is 12.0. The van der Waals surface area contributed by atoms with Crippen LogP contribution >= 0.6 is 11.6 Å². The molecule has 1 amide bonds. The zero-order valence-corrected chi connectivity index (χ0v) is 13.5. The van der Waals surface area contributed by atoms with Gasteiger partial charge in [0, 0.05) is 37.0 Å². The fourth-order valence-electron chi connectivity index (χ4n) is 2.16. The summed E-state index contributed by atoms with van der Waals surface area (Å²) >= 11 is 6.04. The van der Waals surface area contributed by atoms with Crippen LogP contribution in [0.25, 0.3) is 0 Å². The average Bonchev–Trinajstić information content (AvgIpc) is 2.55. The molecule has 2 aromatic rings. The number of amides is 1. The van der Waals surface area contributed by atoms with Crippen LogP contribution in [0, 0.1) is 18.7 Å². The molecule has 2 N–H and O–H groups in total. The number of nitrogens with zero attached hydrogens (tertiary/aromatic N) is 1. The van der Waals surface area contributed by atoms with Crippen molar-refractivity contribution < 1.29 is 14.3 Å². The molecule has 23 heavy (non-hydrogen) atoms. The van der Waals surface area contributed by atoms with Crippen molar-refractivity contribution in [1.29, 1.82) is 0 Å². The van der Waals surface area contributed by atoms with E-state index in [1.165, 1.54) is 6.07 Å². The lowest BCUT2D eigenvalue weighted by Crippen LogP contribution is -2.32. The summed E-state index contributed by atoms with van der Waals surface area (Å²) in [6.07, 6.45) is 3.68. The highest BCUT2D eigenvalue weighted by molar-refractivity contribution is 6.31. The van der Waals surface area contributed by atoms with Gasteiger partial charge in [-0.3, -0.25) is 9.78 Å². The number of rotatable bonds is 6. The van der Waals surface area contributed by atoms with Crippen LogP contribution in [0.4, 0.5) is 4.39 Å². The van der Waals surface area contributed by atoms with E-state index < -0.39 is 5.82 Å². The molecule has 0 saturated heterocycles. The van der Waals surface area contributed by atoms with Gasteiger partial charge < -0.3 is 10.4 Å². The molecule has 0 aliphatic heterocycles. The molecule has 0 unspecified atom stereocenters. The Labute approximate surface area is 139 Å². The maximum Gasteiger partial charge on any atom is 0.251 e. The standard InChI is InChI=1S/C17H18ClFN2O2/c1-11-2-3-14(7-16(11)19)17(23)21-8-12(10-22)6-13-4-5-20-9-15(13)18/h2-5,7,9,12,22H,6,8,10H2,1H3,(H,21,23)/t12-/m0/s1. The molecule has 0 bridgehead atoms. The molecule has 2 rings (SSSR count). The predicted molar refractivity (Wildman–Crippen MR) is 87.0 cm³/mol. The molecular weight excluding hydrogens is 319 g/mol. The van der Waals surface area contributed by atoms with Gasteiger partial charge in [-0.25, -0.2) is 4.39 Å². The van der Waals surface area contributed by atoms with Crippen LogP contribution in [0.1, 0.15) is 21.5 Å². The molecule has 6 heteroatoms. The number of hydrogen-bond donors (Lipinski definition) is 2. The molecule has 4 nitrogen and oxygen atoms in total. The Balaban J connectivity index is 1.96. The monoisotopic (exact) mass is 336 g/mol. The minimum absolute atomic E-state index is 0.0960. The number of pyridine rings is 1. The third-order valence-corrected chi connectivity index (χ3v) is 3.95. The lowest BCUT2D eigenvalue weighted by molar-refractivity contribution is 0.0939. The first-order chi connectivity index (χ1) is 11.0. The van der Waals surface area contributed by atoms with Gasteiger partial charge in [-0.05, 0) is 42.7 Å². The second-order valence-electron chi connectivity index (χ2n) is 5.39. The fourth-order valence-corrected chi connectivity index (χ4v) is 2.35. The van der Waals surface area contributed by atoms with Crippen LogP contribution in [0.2, 0.25) is 5.02 Å². The molecule has 0 radical (unpaired) electrons. The lowest BCUT2D eigenvalue weighted by Gasteiger charge is -2.16. The van der Waals surface area contributed by atoms with Gasteiger partial charge in [0.25, 0.3) is 5.91 Å². The van der Waals surface area contributed by atoms with Crippen LogP contribution in [-0.4, -0.2) is 29.1 Å². The van der Waals surface area contributed by atoms with E-state index in [-0.39, 0.29) is 30.5 Å². The van der Waals surface area contributed by atoms with Crippen LogP contribution in [0.5, 0.6) is 0 Å². The van der Waals surface area contributed by atoms with E-state index in [1.807, 2.05) is 0 Å². The Morgan fingerprint density at radius 2 is 2.22 bits per heavy atom. The van der Waals surface area contributed by atoms with E-state index in [0.29, 0.717) is 17.0 Å². The van der Waals surface area contributed by atoms with Crippen molar-refractivity contribution in [1.82, 2.24) is 10.3 Å². The number of aliphatic hydroxyl groups is 1. The molecule has 0 aliphatic rings. The first-order valence-electron chi connectivity index (χ1n) is 7.25. The number of benzene rings is 1. The number of halogens is 2. The largest absolute Gasteiger partial charge is 0.396 e. The summed E-state index contributed by atoms with van der Waals surface area (Å²) in [5.41, 5.74) is 1.60. The fraction of sp³-hybridized carbons (Fsp3) is 0.294. The molecular formula is C17H18ClFN2O2. The zero-order valence-electron chi connectivity index (χ0n) is 12.7. The van der Waals surface area contributed by atoms with Crippen molar-refractivity contribution in [3.8, 4) is 0 Å². The third kappa shape index (κ3) is 4.74. The van der Waals surface area contributed by atoms with Gasteiger partial charge in [-0.15, -0.1) is 0 Å². The number of aromatic nitrogens is 1. The molecule has 0 fully saturated rings. The summed E-state index contributed by atoms with van der Waals surface area (Å²) in [7, 11) is 0. The molecule has 0 aliphatic carbocycles. The van der Waals surface area contributed by atoms with Crippen molar-refractivity contribution in [2.45, 2.75) is 13.3 Å². The second kappa shape index (κ2) is 8.04. The Hall–Kier alpha value is -1.98. The summed E-state index contributed by atoms with van der Waals surface area (Å²) in [6, 6.07) is 6.12. The smallest absolute Gasteiger partial charge is 0.251 e. The highest BCUT2D eigenvalue weighted by Crippen LogP contribution is 2.17. The average molecular weight is 337 g/mol. The van der Waals surface area contributed by atoms with Gasteiger partial charge in [0.15, 0.2) is 0 Å². The summed E-state index contributed by atoms with van der Waals surface area (Å²) in [6.45, 7) is 1.81. The Bertz CT molecular complexity index is 694. The van der Waals surface area contributed by atoms with Crippen molar-refractivity contribution in [3.63, 3.8) is 0 Å². The lowest BCUT2D eigenvalue weighted by atomic mass is 10.0. The van der Waals surface area contributed by atoms with Gasteiger partial charge >= 0.3 is 0 Å². The number of carbonyl (C=O) groups is 1. The summed E-state index contributed by atoms with van der Waals surface area (Å²) in [5.74, 6) is -0.975. The highest BCUT2D eigenvalue weighted by atomic mass is 35.5. The molecule has 1 heterocycles. The van der Waals surface area contributed by atoms with Crippen molar-refractivity contribution >= 4 is 17.5 Å². The van der Waals surface area contributed by atoms with E-state index in [4.69, 9.17) is 11.6 Å². The molecule has 1 aromatic heterocycles. The summed E-state index contributed by atoms with van der Waals surface area (Å²) in [5, 5.41) is 12.7. The number of carbonyl (C=O) groups excluding carboxylic acids is 1. The van der Waals surface area contributed by atoms with Crippen LogP contribution in [-0.2, 0) is 6.42 Å². The van der Waals surface area contributed by atoms with E-state index in [9.17, 15) is 14.3 Å². The predicted octanol–water partition coefficient (Wildman–Crippen LogP) is 2.76. The van der Waals surface area contributed by atoms with Crippen LogP contribution < -0.4 is 5.32 Å². The van der Waals surface area contributed by atoms with Gasteiger partial charge in [-0.2, -0.15) is 0 Å². The Morgan fingerprint density at radius 1 is 1.43 bits per heavy atom. The van der Waals surface area contributed by atoms with Gasteiger partial charge in [0.2, 0.25) is 0 Å². The van der Waals surface area contributed by atoms with Crippen molar-refractivity contribution in [2.75, 3.05) is 13.2 Å². The first kappa shape index (κ1) is 17.4. The number of aryl methyl sites for hydroxylation is 1. The third-order valence-electron chi connectivity index (χ3n) is 3.61. The summed E-state index contributed by atoms with van der Waals surface area (Å²) in [4.78, 5) is 16.0. The second-order valence-corrected chi connectivity index (χ2v) is 5.80. The molecule has 1 aromatic carbocycles. The van der Waals surface area contributed by atoms with Crippen LogP contribution in [0.3, 0.4) is 0 Å². The molecule has 0 saturated carbocycles.